The molecule has 5 heteroatoms. The minimum atomic E-state index is 0.0172. The predicted octanol–water partition coefficient (Wildman–Crippen LogP) is 11.4. The summed E-state index contributed by atoms with van der Waals surface area (Å²) in [5.74, 6) is 0.0343. The van der Waals surface area contributed by atoms with Crippen LogP contribution in [-0.2, 0) is 19.1 Å². The molecular formula is C38H75NO4. The third-order valence-corrected chi connectivity index (χ3v) is 8.77. The Morgan fingerprint density at radius 1 is 0.442 bits per heavy atom. The summed E-state index contributed by atoms with van der Waals surface area (Å²) in [5.41, 5.74) is 0. The molecule has 0 saturated heterocycles. The van der Waals surface area contributed by atoms with Crippen LogP contribution in [0.1, 0.15) is 202 Å². The van der Waals surface area contributed by atoms with Crippen molar-refractivity contribution in [3.8, 4) is 0 Å². The molecule has 0 aliphatic rings. The van der Waals surface area contributed by atoms with Crippen LogP contribution in [-0.4, -0.2) is 48.7 Å². The van der Waals surface area contributed by atoms with Crippen LogP contribution in [0.25, 0.3) is 0 Å². The standard InChI is InChI=1S/C38H75NO4/c1-6-11-21-29-35(27-13-8-3)42-37(40)31-23-17-15-19-25-33-39(10-5)34-26-20-16-18-24-32-38(41)43-36(28-14-9-4)30-22-12-7-2/h35-36H,6-34H2,1-5H3. The van der Waals surface area contributed by atoms with E-state index in [1.807, 2.05) is 0 Å². The molecule has 0 rings (SSSR count). The van der Waals surface area contributed by atoms with Crippen LogP contribution in [0.2, 0.25) is 0 Å². The monoisotopic (exact) mass is 610 g/mol. The van der Waals surface area contributed by atoms with Gasteiger partial charge in [-0.2, -0.15) is 0 Å². The van der Waals surface area contributed by atoms with Gasteiger partial charge in [-0.15, -0.1) is 0 Å². The van der Waals surface area contributed by atoms with Crippen LogP contribution in [0.4, 0.5) is 0 Å². The van der Waals surface area contributed by atoms with Gasteiger partial charge in [0.15, 0.2) is 0 Å². The van der Waals surface area contributed by atoms with Gasteiger partial charge in [-0.3, -0.25) is 9.59 Å². The summed E-state index contributed by atoms with van der Waals surface area (Å²) in [7, 11) is 0. The van der Waals surface area contributed by atoms with Gasteiger partial charge in [-0.05, 0) is 83.8 Å². The van der Waals surface area contributed by atoms with E-state index in [4.69, 9.17) is 9.47 Å². The van der Waals surface area contributed by atoms with Gasteiger partial charge in [-0.1, -0.05) is 125 Å². The first-order valence-electron chi connectivity index (χ1n) is 19.1. The number of unbranched alkanes of at least 4 members (excludes halogenated alkanes) is 14. The Labute approximate surface area is 269 Å². The van der Waals surface area contributed by atoms with Crippen molar-refractivity contribution in [1.82, 2.24) is 4.90 Å². The van der Waals surface area contributed by atoms with Crippen molar-refractivity contribution in [1.29, 1.82) is 0 Å². The summed E-state index contributed by atoms with van der Waals surface area (Å²) in [6.45, 7) is 14.6. The number of hydrogen-bond donors (Lipinski definition) is 0. The summed E-state index contributed by atoms with van der Waals surface area (Å²) < 4.78 is 11.7. The molecule has 5 nitrogen and oxygen atoms in total. The fourth-order valence-corrected chi connectivity index (χ4v) is 5.82. The van der Waals surface area contributed by atoms with Crippen LogP contribution in [0.15, 0.2) is 0 Å². The summed E-state index contributed by atoms with van der Waals surface area (Å²) >= 11 is 0. The van der Waals surface area contributed by atoms with Gasteiger partial charge in [0.25, 0.3) is 0 Å². The lowest BCUT2D eigenvalue weighted by Gasteiger charge is -2.20. The topological polar surface area (TPSA) is 55.8 Å². The quantitative estimate of drug-likeness (QED) is 0.0547. The van der Waals surface area contributed by atoms with Gasteiger partial charge >= 0.3 is 11.9 Å². The zero-order valence-corrected chi connectivity index (χ0v) is 29.7. The van der Waals surface area contributed by atoms with Crippen LogP contribution >= 0.6 is 0 Å². The summed E-state index contributed by atoms with van der Waals surface area (Å²) in [6, 6.07) is 0. The van der Waals surface area contributed by atoms with E-state index in [1.165, 1.54) is 90.1 Å². The Kier molecular flexibility index (Phi) is 31.5. The highest BCUT2D eigenvalue weighted by atomic mass is 16.5. The molecule has 0 aromatic carbocycles. The summed E-state index contributed by atoms with van der Waals surface area (Å²) in [5, 5.41) is 0. The van der Waals surface area contributed by atoms with Gasteiger partial charge in [0.1, 0.15) is 12.2 Å². The molecule has 2 atom stereocenters. The van der Waals surface area contributed by atoms with Crippen LogP contribution in [0, 0.1) is 0 Å². The molecule has 0 aliphatic heterocycles. The molecule has 0 aliphatic carbocycles. The second-order valence-electron chi connectivity index (χ2n) is 13.0. The van der Waals surface area contributed by atoms with Gasteiger partial charge in [0.05, 0.1) is 0 Å². The van der Waals surface area contributed by atoms with E-state index in [0.717, 1.165) is 83.6 Å². The lowest BCUT2D eigenvalue weighted by Crippen LogP contribution is -2.25. The molecule has 0 amide bonds. The van der Waals surface area contributed by atoms with E-state index < -0.39 is 0 Å². The van der Waals surface area contributed by atoms with E-state index in [1.54, 1.807) is 0 Å². The van der Waals surface area contributed by atoms with Gasteiger partial charge in [-0.25, -0.2) is 0 Å². The highest BCUT2D eigenvalue weighted by molar-refractivity contribution is 5.69. The van der Waals surface area contributed by atoms with Crippen molar-refractivity contribution in [2.24, 2.45) is 0 Å². The molecular weight excluding hydrogens is 534 g/mol. The van der Waals surface area contributed by atoms with Crippen molar-refractivity contribution in [3.05, 3.63) is 0 Å². The lowest BCUT2D eigenvalue weighted by molar-refractivity contribution is -0.151. The minimum absolute atomic E-state index is 0.0172. The Hall–Kier alpha value is -1.10. The third kappa shape index (κ3) is 28.1. The van der Waals surface area contributed by atoms with E-state index >= 15 is 0 Å². The average molecular weight is 610 g/mol. The second kappa shape index (κ2) is 32.3. The fourth-order valence-electron chi connectivity index (χ4n) is 5.82. The molecule has 0 N–H and O–H groups in total. The number of carbonyl (C=O) groups excluding carboxylic acids is 2. The molecule has 0 fully saturated rings. The molecule has 256 valence electrons. The zero-order chi connectivity index (χ0) is 31.8. The third-order valence-electron chi connectivity index (χ3n) is 8.77. The fraction of sp³-hybridized carbons (Fsp3) is 0.947. The molecule has 0 aromatic rings. The highest BCUT2D eigenvalue weighted by Gasteiger charge is 2.15. The van der Waals surface area contributed by atoms with Crippen LogP contribution in [0.5, 0.6) is 0 Å². The summed E-state index contributed by atoms with van der Waals surface area (Å²) in [6.07, 6.45) is 29.0. The first-order chi connectivity index (χ1) is 21.0. The smallest absolute Gasteiger partial charge is 0.306 e. The first-order valence-corrected chi connectivity index (χ1v) is 19.1. The maximum atomic E-state index is 12.3. The van der Waals surface area contributed by atoms with Crippen LogP contribution < -0.4 is 0 Å². The zero-order valence-electron chi connectivity index (χ0n) is 29.7. The molecule has 0 radical (unpaired) electrons. The molecule has 0 bridgehead atoms. The van der Waals surface area contributed by atoms with Crippen molar-refractivity contribution in [3.63, 3.8) is 0 Å². The van der Waals surface area contributed by atoms with E-state index in [2.05, 4.69) is 39.5 Å². The number of rotatable bonds is 33. The second-order valence-corrected chi connectivity index (χ2v) is 13.0. The van der Waals surface area contributed by atoms with Crippen molar-refractivity contribution in [2.75, 3.05) is 19.6 Å². The molecule has 0 aromatic heterocycles. The Balaban J connectivity index is 3.84. The molecule has 0 heterocycles. The number of hydrogen-bond acceptors (Lipinski definition) is 5. The largest absolute Gasteiger partial charge is 0.462 e. The van der Waals surface area contributed by atoms with Crippen molar-refractivity contribution >= 4 is 11.9 Å². The summed E-state index contributed by atoms with van der Waals surface area (Å²) in [4.78, 5) is 27.3. The molecule has 43 heavy (non-hydrogen) atoms. The van der Waals surface area contributed by atoms with Crippen LogP contribution in [0.3, 0.4) is 0 Å². The Morgan fingerprint density at radius 3 is 1.16 bits per heavy atom. The molecule has 0 spiro atoms. The number of esters is 2. The first kappa shape index (κ1) is 41.9. The minimum Gasteiger partial charge on any atom is -0.462 e. The lowest BCUT2D eigenvalue weighted by atomic mass is 10.1. The van der Waals surface area contributed by atoms with E-state index in [0.29, 0.717) is 12.8 Å². The number of nitrogens with zero attached hydrogens (tertiary/aromatic N) is 1. The Morgan fingerprint density at radius 2 is 0.791 bits per heavy atom. The maximum Gasteiger partial charge on any atom is 0.306 e. The Bertz CT molecular complexity index is 561. The number of ether oxygens (including phenoxy) is 2. The SMILES string of the molecule is CCCCCC(CCCC)OC(=O)CCCCCCCN(CC)CCCCCCCC(=O)OC(CCCC)CCCCC. The predicted molar refractivity (Wildman–Crippen MR) is 185 cm³/mol. The number of carbonyl (C=O) groups is 2. The van der Waals surface area contributed by atoms with Gasteiger partial charge in [0.2, 0.25) is 0 Å². The molecule has 2 unspecified atom stereocenters. The van der Waals surface area contributed by atoms with Crippen molar-refractivity contribution < 1.29 is 19.1 Å². The van der Waals surface area contributed by atoms with E-state index in [-0.39, 0.29) is 24.1 Å². The maximum absolute atomic E-state index is 12.3. The van der Waals surface area contributed by atoms with Gasteiger partial charge < -0.3 is 14.4 Å². The van der Waals surface area contributed by atoms with Crippen molar-refractivity contribution in [2.45, 2.75) is 214 Å². The average Bonchev–Trinajstić information content (AvgIpc) is 3.00. The molecule has 0 saturated carbocycles. The highest BCUT2D eigenvalue weighted by Crippen LogP contribution is 2.17. The van der Waals surface area contributed by atoms with E-state index in [9.17, 15) is 9.59 Å². The van der Waals surface area contributed by atoms with Gasteiger partial charge in [0, 0.05) is 12.8 Å². The normalized spacial score (nSPS) is 12.9.